The molecule has 0 radical (unpaired) electrons. The van der Waals surface area contributed by atoms with Crippen LogP contribution in [-0.4, -0.2) is 28.3 Å². The molecule has 7 nitrogen and oxygen atoms in total. The summed E-state index contributed by atoms with van der Waals surface area (Å²) in [7, 11) is 0. The number of carbonyl (C=O) groups is 2. The third kappa shape index (κ3) is 6.10. The van der Waals surface area contributed by atoms with Crippen molar-refractivity contribution in [3.05, 3.63) is 139 Å². The van der Waals surface area contributed by atoms with Gasteiger partial charge in [0, 0.05) is 30.8 Å². The molecule has 0 aliphatic rings. The van der Waals surface area contributed by atoms with E-state index in [-0.39, 0.29) is 30.2 Å². The lowest BCUT2D eigenvalue weighted by molar-refractivity contribution is -0.123. The van der Waals surface area contributed by atoms with Gasteiger partial charge in [-0.2, -0.15) is 0 Å². The summed E-state index contributed by atoms with van der Waals surface area (Å²) < 4.78 is 5.44. The van der Waals surface area contributed by atoms with Crippen molar-refractivity contribution in [2.75, 3.05) is 11.4 Å². The first-order valence-electron chi connectivity index (χ1n) is 12.7. The number of aromatic nitrogens is 2. The van der Waals surface area contributed by atoms with Crippen molar-refractivity contribution in [1.82, 2.24) is 15.3 Å². The summed E-state index contributed by atoms with van der Waals surface area (Å²) >= 11 is 0. The summed E-state index contributed by atoms with van der Waals surface area (Å²) in [5.74, 6) is -1.22. The van der Waals surface area contributed by atoms with Crippen LogP contribution in [0, 0.1) is 0 Å². The van der Waals surface area contributed by atoms with Crippen molar-refractivity contribution in [3.63, 3.8) is 0 Å². The number of nitrogens with one attached hydrogen (secondary N) is 1. The van der Waals surface area contributed by atoms with Crippen LogP contribution in [0.4, 0.5) is 5.69 Å². The van der Waals surface area contributed by atoms with Crippen molar-refractivity contribution in [1.29, 1.82) is 0 Å². The minimum Gasteiger partial charge on any atom is -0.459 e. The Balaban J connectivity index is 1.47. The molecular weight excluding hydrogens is 488 g/mol. The van der Waals surface area contributed by atoms with E-state index in [1.807, 2.05) is 91.9 Å². The lowest BCUT2D eigenvalue weighted by Crippen LogP contribution is -2.41. The average molecular weight is 517 g/mol. The van der Waals surface area contributed by atoms with Crippen LogP contribution in [0.1, 0.15) is 40.7 Å². The van der Waals surface area contributed by atoms with E-state index < -0.39 is 5.92 Å². The monoisotopic (exact) mass is 516 g/mol. The van der Waals surface area contributed by atoms with Gasteiger partial charge in [0.1, 0.15) is 0 Å². The molecule has 0 bridgehead atoms. The maximum atomic E-state index is 13.7. The Morgan fingerprint density at radius 3 is 2.18 bits per heavy atom. The Bertz CT molecular complexity index is 1490. The van der Waals surface area contributed by atoms with Gasteiger partial charge in [-0.3, -0.25) is 19.6 Å². The second-order valence-electron chi connectivity index (χ2n) is 9.13. The molecule has 0 aliphatic heterocycles. The number of nitrogens with zero attached hydrogens (tertiary/aromatic N) is 3. The van der Waals surface area contributed by atoms with E-state index >= 15 is 0 Å². The molecule has 2 aromatic heterocycles. The van der Waals surface area contributed by atoms with Gasteiger partial charge < -0.3 is 14.6 Å². The highest BCUT2D eigenvalue weighted by molar-refractivity contribution is 6.05. The number of hydrogen-bond acceptors (Lipinski definition) is 5. The fraction of sp³-hybridized carbons (Fsp3) is 0.125. The van der Waals surface area contributed by atoms with E-state index in [4.69, 9.17) is 4.42 Å². The lowest BCUT2D eigenvalue weighted by Gasteiger charge is -2.27. The summed E-state index contributed by atoms with van der Waals surface area (Å²) in [6.07, 6.45) is 6.12. The third-order valence-electron chi connectivity index (χ3n) is 6.54. The SMILES string of the molecule is C[C@H](NC(=O)C(CN(C(=O)c1ccco1)c1ccc(-c2ccccc2)cc1)c1cnccn1)c1ccccc1. The predicted octanol–water partition coefficient (Wildman–Crippen LogP) is 6.04. The average Bonchev–Trinajstić information content (AvgIpc) is 3.54. The van der Waals surface area contributed by atoms with E-state index in [0.717, 1.165) is 16.7 Å². The van der Waals surface area contributed by atoms with Gasteiger partial charge in [-0.15, -0.1) is 0 Å². The first kappa shape index (κ1) is 25.6. The van der Waals surface area contributed by atoms with Gasteiger partial charge in [-0.25, -0.2) is 0 Å². The number of furan rings is 1. The molecular formula is C32H28N4O3. The van der Waals surface area contributed by atoms with Crippen molar-refractivity contribution in [2.24, 2.45) is 0 Å². The number of rotatable bonds is 9. The zero-order chi connectivity index (χ0) is 27.0. The molecule has 2 atom stereocenters. The smallest absolute Gasteiger partial charge is 0.293 e. The van der Waals surface area contributed by atoms with Crippen LogP contribution in [0.5, 0.6) is 0 Å². The molecule has 39 heavy (non-hydrogen) atoms. The van der Waals surface area contributed by atoms with Gasteiger partial charge in [0.2, 0.25) is 5.91 Å². The van der Waals surface area contributed by atoms with Gasteiger partial charge in [0.25, 0.3) is 5.91 Å². The summed E-state index contributed by atoms with van der Waals surface area (Å²) in [5, 5.41) is 3.09. The fourth-order valence-corrected chi connectivity index (χ4v) is 4.43. The lowest BCUT2D eigenvalue weighted by atomic mass is 10.0. The first-order valence-corrected chi connectivity index (χ1v) is 12.7. The van der Waals surface area contributed by atoms with Crippen LogP contribution < -0.4 is 10.2 Å². The van der Waals surface area contributed by atoms with Crippen LogP contribution in [0.3, 0.4) is 0 Å². The Labute approximate surface area is 227 Å². The second-order valence-corrected chi connectivity index (χ2v) is 9.13. The predicted molar refractivity (Wildman–Crippen MR) is 150 cm³/mol. The van der Waals surface area contributed by atoms with Crippen molar-refractivity contribution in [3.8, 4) is 11.1 Å². The highest BCUT2D eigenvalue weighted by atomic mass is 16.3. The van der Waals surface area contributed by atoms with E-state index in [2.05, 4.69) is 15.3 Å². The molecule has 0 spiro atoms. The third-order valence-corrected chi connectivity index (χ3v) is 6.54. The van der Waals surface area contributed by atoms with Gasteiger partial charge >= 0.3 is 0 Å². The Kier molecular flexibility index (Phi) is 7.88. The van der Waals surface area contributed by atoms with Crippen LogP contribution in [0.2, 0.25) is 0 Å². The van der Waals surface area contributed by atoms with Gasteiger partial charge in [0.05, 0.1) is 23.9 Å². The molecule has 194 valence electrons. The Hall–Kier alpha value is -5.04. The largest absolute Gasteiger partial charge is 0.459 e. The number of hydrogen-bond donors (Lipinski definition) is 1. The van der Waals surface area contributed by atoms with Crippen LogP contribution in [0.25, 0.3) is 11.1 Å². The molecule has 1 unspecified atom stereocenters. The summed E-state index contributed by atoms with van der Waals surface area (Å²) in [5.41, 5.74) is 4.16. The van der Waals surface area contributed by atoms with Crippen molar-refractivity contribution >= 4 is 17.5 Å². The molecule has 0 fully saturated rings. The number of benzene rings is 3. The maximum Gasteiger partial charge on any atom is 0.293 e. The molecule has 2 heterocycles. The number of amides is 2. The summed E-state index contributed by atoms with van der Waals surface area (Å²) in [6, 6.07) is 30.4. The molecule has 1 N–H and O–H groups in total. The van der Waals surface area contributed by atoms with E-state index in [0.29, 0.717) is 11.4 Å². The minimum absolute atomic E-state index is 0.0379. The molecule has 2 amide bonds. The van der Waals surface area contributed by atoms with E-state index in [9.17, 15) is 9.59 Å². The summed E-state index contributed by atoms with van der Waals surface area (Å²) in [4.78, 5) is 37.5. The van der Waals surface area contributed by atoms with Crippen LogP contribution >= 0.6 is 0 Å². The molecule has 3 aromatic carbocycles. The number of carbonyl (C=O) groups excluding carboxylic acids is 2. The molecule has 0 aliphatic carbocycles. The van der Waals surface area contributed by atoms with E-state index in [1.54, 1.807) is 35.6 Å². The highest BCUT2D eigenvalue weighted by Crippen LogP contribution is 2.27. The quantitative estimate of drug-likeness (QED) is 0.258. The second kappa shape index (κ2) is 12.0. The van der Waals surface area contributed by atoms with Gasteiger partial charge in [-0.1, -0.05) is 72.8 Å². The van der Waals surface area contributed by atoms with Crippen molar-refractivity contribution in [2.45, 2.75) is 18.9 Å². The number of anilines is 1. The van der Waals surface area contributed by atoms with E-state index in [1.165, 1.54) is 6.26 Å². The van der Waals surface area contributed by atoms with Gasteiger partial charge in [-0.05, 0) is 47.9 Å². The Morgan fingerprint density at radius 2 is 1.54 bits per heavy atom. The zero-order valence-electron chi connectivity index (χ0n) is 21.5. The summed E-state index contributed by atoms with van der Waals surface area (Å²) in [6.45, 7) is 1.96. The minimum atomic E-state index is -0.780. The molecule has 0 saturated carbocycles. The maximum absolute atomic E-state index is 13.7. The topological polar surface area (TPSA) is 88.3 Å². The fourth-order valence-electron chi connectivity index (χ4n) is 4.43. The van der Waals surface area contributed by atoms with Crippen molar-refractivity contribution < 1.29 is 14.0 Å². The van der Waals surface area contributed by atoms with Gasteiger partial charge in [0.15, 0.2) is 5.76 Å². The molecule has 5 rings (SSSR count). The molecule has 7 heteroatoms. The van der Waals surface area contributed by atoms with Crippen LogP contribution in [-0.2, 0) is 4.79 Å². The normalized spacial score (nSPS) is 12.3. The standard InChI is InChI=1S/C32H28N4O3/c1-23(24-9-4-2-5-10-24)35-31(37)28(29-21-33-18-19-34-29)22-36(32(38)30-13-8-20-39-30)27-16-14-26(15-17-27)25-11-6-3-7-12-25/h2-21,23,28H,22H2,1H3,(H,35,37)/t23-,28?/m0/s1. The zero-order valence-corrected chi connectivity index (χ0v) is 21.5. The first-order chi connectivity index (χ1) is 19.1. The Morgan fingerprint density at radius 1 is 0.846 bits per heavy atom. The van der Waals surface area contributed by atoms with Crippen LogP contribution in [0.15, 0.2) is 126 Å². The molecule has 5 aromatic rings. The highest BCUT2D eigenvalue weighted by Gasteiger charge is 2.30. The molecule has 0 saturated heterocycles.